The smallest absolute Gasteiger partial charge is 0.225 e. The monoisotopic (exact) mass is 334 g/mol. The third kappa shape index (κ3) is 6.13. The van der Waals surface area contributed by atoms with Crippen molar-refractivity contribution in [2.24, 2.45) is 11.8 Å². The van der Waals surface area contributed by atoms with E-state index in [0.717, 1.165) is 38.4 Å². The summed E-state index contributed by atoms with van der Waals surface area (Å²) in [5.74, 6) is 1.84. The van der Waals surface area contributed by atoms with Gasteiger partial charge in [-0.3, -0.25) is 9.69 Å². The van der Waals surface area contributed by atoms with Crippen molar-refractivity contribution in [1.29, 1.82) is 0 Å². The van der Waals surface area contributed by atoms with E-state index in [9.17, 15) is 4.79 Å². The standard InChI is InChI=1S/C19H30N2O3/c1-15(2)8-10-24-18-6-4-16(5-7-18)12-21-13-17(14-21)19(22)20-9-11-23-3/h4-7,15,17H,8-14H2,1-3H3,(H,20,22). The average Bonchev–Trinajstić information content (AvgIpc) is 2.51. The summed E-state index contributed by atoms with van der Waals surface area (Å²) in [4.78, 5) is 14.2. The molecule has 1 aromatic carbocycles. The van der Waals surface area contributed by atoms with Gasteiger partial charge in [-0.25, -0.2) is 0 Å². The molecule has 0 spiro atoms. The number of hydrogen-bond acceptors (Lipinski definition) is 4. The van der Waals surface area contributed by atoms with Crippen LogP contribution in [0.1, 0.15) is 25.8 Å². The van der Waals surface area contributed by atoms with Crippen molar-refractivity contribution in [2.45, 2.75) is 26.8 Å². The maximum atomic E-state index is 11.9. The molecular formula is C19H30N2O3. The summed E-state index contributed by atoms with van der Waals surface area (Å²) in [6.45, 7) is 8.85. The summed E-state index contributed by atoms with van der Waals surface area (Å²) in [6.07, 6.45) is 1.07. The third-order valence-corrected chi connectivity index (χ3v) is 4.23. The zero-order chi connectivity index (χ0) is 17.4. The van der Waals surface area contributed by atoms with Gasteiger partial charge in [0, 0.05) is 33.3 Å². The van der Waals surface area contributed by atoms with Gasteiger partial charge in [0.25, 0.3) is 0 Å². The Balaban J connectivity index is 1.65. The molecule has 1 saturated heterocycles. The summed E-state index contributed by atoms with van der Waals surface area (Å²) >= 11 is 0. The van der Waals surface area contributed by atoms with Gasteiger partial charge in [-0.15, -0.1) is 0 Å². The number of ether oxygens (including phenoxy) is 2. The van der Waals surface area contributed by atoms with Gasteiger partial charge in [0.2, 0.25) is 5.91 Å². The molecule has 0 aliphatic carbocycles. The van der Waals surface area contributed by atoms with Crippen molar-refractivity contribution in [3.63, 3.8) is 0 Å². The second kappa shape index (κ2) is 9.64. The molecule has 1 fully saturated rings. The number of hydrogen-bond donors (Lipinski definition) is 1. The molecule has 134 valence electrons. The SMILES string of the molecule is COCCNC(=O)C1CN(Cc2ccc(OCCC(C)C)cc2)C1. The largest absolute Gasteiger partial charge is 0.494 e. The molecule has 24 heavy (non-hydrogen) atoms. The number of methoxy groups -OCH3 is 1. The van der Waals surface area contributed by atoms with Crippen LogP contribution < -0.4 is 10.1 Å². The van der Waals surface area contributed by atoms with Crippen molar-refractivity contribution >= 4 is 5.91 Å². The Hall–Kier alpha value is -1.59. The molecule has 2 rings (SSSR count). The Morgan fingerprint density at radius 2 is 1.96 bits per heavy atom. The molecule has 0 radical (unpaired) electrons. The van der Waals surface area contributed by atoms with Crippen molar-refractivity contribution in [3.8, 4) is 5.75 Å². The summed E-state index contributed by atoms with van der Waals surface area (Å²) in [7, 11) is 1.64. The molecule has 1 aromatic rings. The van der Waals surface area contributed by atoms with Gasteiger partial charge in [0.1, 0.15) is 5.75 Å². The number of nitrogens with one attached hydrogen (secondary N) is 1. The van der Waals surface area contributed by atoms with Gasteiger partial charge < -0.3 is 14.8 Å². The summed E-state index contributed by atoms with van der Waals surface area (Å²) in [6, 6.07) is 8.28. The van der Waals surface area contributed by atoms with Crippen LogP contribution in [0.5, 0.6) is 5.75 Å². The first-order valence-electron chi connectivity index (χ1n) is 8.79. The Kier molecular flexibility index (Phi) is 7.53. The van der Waals surface area contributed by atoms with E-state index >= 15 is 0 Å². The van der Waals surface area contributed by atoms with E-state index < -0.39 is 0 Å². The van der Waals surface area contributed by atoms with Crippen LogP contribution in [0.15, 0.2) is 24.3 Å². The fourth-order valence-electron chi connectivity index (χ4n) is 2.65. The fraction of sp³-hybridized carbons (Fsp3) is 0.632. The van der Waals surface area contributed by atoms with Crippen LogP contribution in [0, 0.1) is 11.8 Å². The van der Waals surface area contributed by atoms with Crippen LogP contribution in [0.4, 0.5) is 0 Å². The topological polar surface area (TPSA) is 50.8 Å². The minimum absolute atomic E-state index is 0.112. The zero-order valence-electron chi connectivity index (χ0n) is 15.1. The van der Waals surface area contributed by atoms with Crippen LogP contribution >= 0.6 is 0 Å². The summed E-state index contributed by atoms with van der Waals surface area (Å²) in [5.41, 5.74) is 1.25. The van der Waals surface area contributed by atoms with E-state index in [4.69, 9.17) is 9.47 Å². The summed E-state index contributed by atoms with van der Waals surface area (Å²) in [5, 5.41) is 2.90. The molecule has 1 heterocycles. The van der Waals surface area contributed by atoms with E-state index in [1.807, 2.05) is 12.1 Å². The Labute approximate surface area is 145 Å². The van der Waals surface area contributed by atoms with Gasteiger partial charge in [-0.1, -0.05) is 26.0 Å². The number of benzene rings is 1. The molecule has 1 aliphatic rings. The fourth-order valence-corrected chi connectivity index (χ4v) is 2.65. The molecule has 1 amide bonds. The Morgan fingerprint density at radius 3 is 2.58 bits per heavy atom. The normalized spacial score (nSPS) is 15.3. The maximum absolute atomic E-state index is 11.9. The third-order valence-electron chi connectivity index (χ3n) is 4.23. The van der Waals surface area contributed by atoms with Crippen LogP contribution in [0.2, 0.25) is 0 Å². The quantitative estimate of drug-likeness (QED) is 0.667. The molecule has 5 nitrogen and oxygen atoms in total. The average molecular weight is 334 g/mol. The van der Waals surface area contributed by atoms with Gasteiger partial charge in [-0.05, 0) is 30.0 Å². The molecular weight excluding hydrogens is 304 g/mol. The molecule has 0 bridgehead atoms. The predicted octanol–water partition coefficient (Wildman–Crippen LogP) is 2.31. The highest BCUT2D eigenvalue weighted by Crippen LogP contribution is 2.20. The Morgan fingerprint density at radius 1 is 1.25 bits per heavy atom. The number of rotatable bonds is 10. The van der Waals surface area contributed by atoms with E-state index in [2.05, 4.69) is 36.2 Å². The lowest BCUT2D eigenvalue weighted by atomic mass is 9.98. The maximum Gasteiger partial charge on any atom is 0.225 e. The highest BCUT2D eigenvalue weighted by atomic mass is 16.5. The molecule has 1 N–H and O–H groups in total. The molecule has 0 aromatic heterocycles. The van der Waals surface area contributed by atoms with Gasteiger partial charge >= 0.3 is 0 Å². The lowest BCUT2D eigenvalue weighted by Gasteiger charge is -2.38. The van der Waals surface area contributed by atoms with Crippen LogP contribution in [-0.2, 0) is 16.1 Å². The molecule has 0 unspecified atom stereocenters. The van der Waals surface area contributed by atoms with E-state index in [1.54, 1.807) is 7.11 Å². The molecule has 1 aliphatic heterocycles. The number of nitrogens with zero attached hydrogens (tertiary/aromatic N) is 1. The number of carbonyl (C=O) groups is 1. The van der Waals surface area contributed by atoms with Gasteiger partial charge in [-0.2, -0.15) is 0 Å². The van der Waals surface area contributed by atoms with Gasteiger partial charge in [0.15, 0.2) is 0 Å². The minimum Gasteiger partial charge on any atom is -0.494 e. The van der Waals surface area contributed by atoms with E-state index in [1.165, 1.54) is 5.56 Å². The van der Waals surface area contributed by atoms with Gasteiger partial charge in [0.05, 0.1) is 19.1 Å². The van der Waals surface area contributed by atoms with Crippen LogP contribution in [0.3, 0.4) is 0 Å². The van der Waals surface area contributed by atoms with Crippen molar-refractivity contribution < 1.29 is 14.3 Å². The minimum atomic E-state index is 0.112. The van der Waals surface area contributed by atoms with Crippen LogP contribution in [0.25, 0.3) is 0 Å². The van der Waals surface area contributed by atoms with Crippen molar-refractivity contribution in [3.05, 3.63) is 29.8 Å². The first-order valence-corrected chi connectivity index (χ1v) is 8.79. The first kappa shape index (κ1) is 18.7. The summed E-state index contributed by atoms with van der Waals surface area (Å²) < 4.78 is 10.7. The van der Waals surface area contributed by atoms with E-state index in [0.29, 0.717) is 19.1 Å². The highest BCUT2D eigenvalue weighted by molar-refractivity contribution is 5.79. The molecule has 0 atom stereocenters. The van der Waals surface area contributed by atoms with Crippen molar-refractivity contribution in [1.82, 2.24) is 10.2 Å². The lowest BCUT2D eigenvalue weighted by molar-refractivity contribution is -0.130. The number of carbonyl (C=O) groups excluding carboxylic acids is 1. The predicted molar refractivity (Wildman–Crippen MR) is 95.0 cm³/mol. The zero-order valence-corrected chi connectivity index (χ0v) is 15.1. The second-order valence-electron chi connectivity index (χ2n) is 6.85. The number of likely N-dealkylation sites (tertiary alicyclic amines) is 1. The second-order valence-corrected chi connectivity index (χ2v) is 6.85. The Bertz CT molecular complexity index is 496. The molecule has 0 saturated carbocycles. The molecule has 5 heteroatoms. The number of amides is 1. The lowest BCUT2D eigenvalue weighted by Crippen LogP contribution is -2.53. The highest BCUT2D eigenvalue weighted by Gasteiger charge is 2.32. The van der Waals surface area contributed by atoms with Crippen LogP contribution in [-0.4, -0.2) is 50.8 Å². The first-order chi connectivity index (χ1) is 11.6. The van der Waals surface area contributed by atoms with E-state index in [-0.39, 0.29) is 11.8 Å². The van der Waals surface area contributed by atoms with Crippen molar-refractivity contribution in [2.75, 3.05) is 40.0 Å².